The Morgan fingerprint density at radius 3 is 1.23 bits per heavy atom. The molecule has 0 fully saturated rings. The number of para-hydroxylation sites is 2. The fraction of sp³-hybridized carbons (Fsp3) is 0.182. The first-order chi connectivity index (χ1) is 30.6. The third-order valence-electron chi connectivity index (χ3n) is 9.09. The van der Waals surface area contributed by atoms with Gasteiger partial charge in [0.05, 0.1) is 54.0 Å². The SMILES string of the molecule is CC(=O)C(N=Nc1ccc(Cl)c(C(=O)Nc2ccccc2CCCl)c1)C(=O)Nc1ccc(NC(=O)C(N=Nc2ccc(Cl)c(C(=O)Nc3ccccc3CCCl)c2)C(C)=O)c(Cl)c1Cl. The highest BCUT2D eigenvalue weighted by Gasteiger charge is 2.27. The summed E-state index contributed by atoms with van der Waals surface area (Å²) in [5, 5.41) is 26.3. The molecule has 0 saturated heterocycles. The predicted octanol–water partition coefficient (Wildman–Crippen LogP) is 11.7. The van der Waals surface area contributed by atoms with E-state index in [2.05, 4.69) is 41.7 Å². The lowest BCUT2D eigenvalue weighted by Gasteiger charge is -2.15. The second-order valence-electron chi connectivity index (χ2n) is 13.7. The van der Waals surface area contributed by atoms with Gasteiger partial charge in [0.2, 0.25) is 12.1 Å². The van der Waals surface area contributed by atoms with Gasteiger partial charge in [-0.05, 0) is 98.5 Å². The van der Waals surface area contributed by atoms with Crippen LogP contribution < -0.4 is 21.3 Å². The molecule has 4 N–H and O–H groups in total. The number of nitrogens with one attached hydrogen (secondary N) is 4. The zero-order valence-corrected chi connectivity index (χ0v) is 38.3. The number of carbonyl (C=O) groups is 6. The molecule has 0 heterocycles. The molecule has 0 aliphatic carbocycles. The molecule has 0 aliphatic rings. The summed E-state index contributed by atoms with van der Waals surface area (Å²) < 4.78 is 0. The predicted molar refractivity (Wildman–Crippen MR) is 252 cm³/mol. The third-order valence-corrected chi connectivity index (χ3v) is 11.0. The van der Waals surface area contributed by atoms with Crippen LogP contribution in [0.5, 0.6) is 0 Å². The van der Waals surface area contributed by atoms with Crippen LogP contribution >= 0.6 is 69.6 Å². The summed E-state index contributed by atoms with van der Waals surface area (Å²) in [5.74, 6) is -3.58. The molecule has 2 atom stereocenters. The van der Waals surface area contributed by atoms with Gasteiger partial charge in [-0.15, -0.1) is 23.2 Å². The van der Waals surface area contributed by atoms with Crippen LogP contribution in [0.15, 0.2) is 118 Å². The van der Waals surface area contributed by atoms with Crippen LogP contribution in [0.2, 0.25) is 20.1 Å². The Labute approximate surface area is 397 Å². The van der Waals surface area contributed by atoms with Crippen LogP contribution in [-0.2, 0) is 32.0 Å². The van der Waals surface area contributed by atoms with Crippen LogP contribution in [0.4, 0.5) is 34.1 Å². The molecule has 0 saturated carbocycles. The van der Waals surface area contributed by atoms with Gasteiger partial charge in [-0.2, -0.15) is 20.5 Å². The van der Waals surface area contributed by atoms with Crippen molar-refractivity contribution in [3.63, 3.8) is 0 Å². The number of anilines is 4. The van der Waals surface area contributed by atoms with Gasteiger partial charge in [0, 0.05) is 23.1 Å². The number of carbonyl (C=O) groups excluding carboxylic acids is 6. The number of benzene rings is 5. The van der Waals surface area contributed by atoms with E-state index < -0.39 is 47.3 Å². The molecule has 64 heavy (non-hydrogen) atoms. The highest BCUT2D eigenvalue weighted by molar-refractivity contribution is 6.46. The lowest BCUT2D eigenvalue weighted by Crippen LogP contribution is -2.32. The van der Waals surface area contributed by atoms with Gasteiger partial charge in [-0.25, -0.2) is 0 Å². The second kappa shape index (κ2) is 23.3. The molecule has 5 rings (SSSR count). The summed E-state index contributed by atoms with van der Waals surface area (Å²) in [7, 11) is 0. The van der Waals surface area contributed by atoms with Crippen molar-refractivity contribution in [1.29, 1.82) is 0 Å². The van der Waals surface area contributed by atoms with Crippen molar-refractivity contribution in [1.82, 2.24) is 0 Å². The van der Waals surface area contributed by atoms with Crippen molar-refractivity contribution in [2.24, 2.45) is 20.5 Å². The number of halogens is 6. The summed E-state index contributed by atoms with van der Waals surface area (Å²) in [6.07, 6.45) is 1.04. The molecule has 0 radical (unpaired) electrons. The maximum atomic E-state index is 13.3. The lowest BCUT2D eigenvalue weighted by molar-refractivity contribution is -0.127. The number of azo groups is 2. The molecular formula is C44H36Cl6N8O6. The molecule has 20 heteroatoms. The van der Waals surface area contributed by atoms with Crippen molar-refractivity contribution in [3.8, 4) is 0 Å². The summed E-state index contributed by atoms with van der Waals surface area (Å²) in [6, 6.07) is 22.0. The van der Waals surface area contributed by atoms with Gasteiger partial charge < -0.3 is 21.3 Å². The standard InChI is InChI=1S/C44H36Cl6N8O6/c1-23(59)39(57-55-27-11-13-31(47)29(21-27)41(61)51-33-9-5-3-7-25(33)17-19-45)43(63)53-35-15-16-36(38(50)37(35)49)54-44(64)40(24(2)60)58-56-28-12-14-32(48)30(22-28)42(62)52-34-10-6-4-8-26(34)18-20-46/h3-16,21-22,39-40H,17-20H2,1-2H3,(H,51,61)(H,52,62)(H,53,63)(H,54,64). The molecule has 0 aromatic heterocycles. The third kappa shape index (κ3) is 12.9. The van der Waals surface area contributed by atoms with Crippen LogP contribution in [0, 0.1) is 0 Å². The maximum Gasteiger partial charge on any atom is 0.258 e. The Bertz CT molecular complexity index is 2500. The zero-order valence-electron chi connectivity index (χ0n) is 33.7. The molecule has 14 nitrogen and oxygen atoms in total. The smallest absolute Gasteiger partial charge is 0.258 e. The number of alkyl halides is 2. The minimum absolute atomic E-state index is 0.0519. The largest absolute Gasteiger partial charge is 0.322 e. The van der Waals surface area contributed by atoms with E-state index in [1.807, 2.05) is 24.3 Å². The van der Waals surface area contributed by atoms with Gasteiger partial charge in [0.15, 0.2) is 11.6 Å². The lowest BCUT2D eigenvalue weighted by atomic mass is 10.1. The van der Waals surface area contributed by atoms with Crippen molar-refractivity contribution in [3.05, 3.63) is 139 Å². The van der Waals surface area contributed by atoms with Crippen LogP contribution in [0.25, 0.3) is 0 Å². The molecule has 330 valence electrons. The van der Waals surface area contributed by atoms with Gasteiger partial charge in [-0.1, -0.05) is 82.8 Å². The number of rotatable bonds is 18. The molecular weight excluding hydrogens is 949 g/mol. The maximum absolute atomic E-state index is 13.3. The zero-order chi connectivity index (χ0) is 46.5. The average Bonchev–Trinajstić information content (AvgIpc) is 3.26. The van der Waals surface area contributed by atoms with Gasteiger partial charge in [0.25, 0.3) is 23.6 Å². The molecule has 0 spiro atoms. The van der Waals surface area contributed by atoms with E-state index >= 15 is 0 Å². The molecule has 5 aromatic carbocycles. The average molecular weight is 986 g/mol. The van der Waals surface area contributed by atoms with Crippen molar-refractivity contribution in [2.45, 2.75) is 38.8 Å². The minimum Gasteiger partial charge on any atom is -0.322 e. The Hall–Kier alpha value is -5.74. The Kier molecular flexibility index (Phi) is 17.9. The van der Waals surface area contributed by atoms with Crippen molar-refractivity contribution >= 4 is 139 Å². The van der Waals surface area contributed by atoms with Crippen molar-refractivity contribution in [2.75, 3.05) is 33.0 Å². The number of Topliss-reactive ketones (excluding diaryl/α,β-unsaturated/α-hetero) is 2. The first kappa shape index (κ1) is 49.3. The normalized spacial score (nSPS) is 12.1. The summed E-state index contributed by atoms with van der Waals surface area (Å²) in [6.45, 7) is 2.26. The first-order valence-electron chi connectivity index (χ1n) is 19.0. The number of ketones is 2. The Balaban J connectivity index is 1.26. The van der Waals surface area contributed by atoms with Gasteiger partial charge in [-0.3, -0.25) is 28.8 Å². The van der Waals surface area contributed by atoms with Crippen LogP contribution in [0.3, 0.4) is 0 Å². The quantitative estimate of drug-likeness (QED) is 0.0382. The van der Waals surface area contributed by atoms with Crippen LogP contribution in [-0.4, -0.2) is 59.0 Å². The van der Waals surface area contributed by atoms with E-state index in [1.165, 1.54) is 48.5 Å². The summed E-state index contributed by atoms with van der Waals surface area (Å²) in [4.78, 5) is 78.2. The number of aryl methyl sites for hydroxylation is 2. The van der Waals surface area contributed by atoms with Gasteiger partial charge >= 0.3 is 0 Å². The van der Waals surface area contributed by atoms with E-state index in [0.717, 1.165) is 25.0 Å². The molecule has 0 aliphatic heterocycles. The number of amides is 4. The van der Waals surface area contributed by atoms with E-state index in [0.29, 0.717) is 36.0 Å². The highest BCUT2D eigenvalue weighted by Crippen LogP contribution is 2.37. The minimum atomic E-state index is -1.66. The number of nitrogens with zero attached hydrogens (tertiary/aromatic N) is 4. The van der Waals surface area contributed by atoms with Crippen molar-refractivity contribution < 1.29 is 28.8 Å². The van der Waals surface area contributed by atoms with Gasteiger partial charge in [0.1, 0.15) is 0 Å². The molecule has 4 amide bonds. The molecule has 0 bridgehead atoms. The topological polar surface area (TPSA) is 200 Å². The second-order valence-corrected chi connectivity index (χ2v) is 16.0. The summed E-state index contributed by atoms with van der Waals surface area (Å²) in [5.41, 5.74) is 3.01. The first-order valence-corrected chi connectivity index (χ1v) is 21.6. The number of hydrogen-bond acceptors (Lipinski definition) is 10. The van der Waals surface area contributed by atoms with Crippen LogP contribution in [0.1, 0.15) is 45.7 Å². The monoisotopic (exact) mass is 982 g/mol. The Morgan fingerprint density at radius 2 is 0.875 bits per heavy atom. The number of hydrogen-bond donors (Lipinski definition) is 4. The summed E-state index contributed by atoms with van der Waals surface area (Å²) >= 11 is 37.5. The molecule has 2 unspecified atom stereocenters. The fourth-order valence-electron chi connectivity index (χ4n) is 5.83. The highest BCUT2D eigenvalue weighted by atomic mass is 35.5. The van der Waals surface area contributed by atoms with E-state index in [9.17, 15) is 28.8 Å². The molecule has 5 aromatic rings. The Morgan fingerprint density at radius 1 is 0.500 bits per heavy atom. The van der Waals surface area contributed by atoms with E-state index in [1.54, 1.807) is 24.3 Å². The van der Waals surface area contributed by atoms with E-state index in [4.69, 9.17) is 69.6 Å². The fourth-order valence-corrected chi connectivity index (χ4v) is 7.07. The van der Waals surface area contributed by atoms with E-state index in [-0.39, 0.29) is 54.0 Å².